The van der Waals surface area contributed by atoms with Crippen molar-refractivity contribution >= 4 is 27.4 Å². The Balaban J connectivity index is 2.07. The number of carbonyl (C=O) groups is 1. The molecule has 1 aliphatic heterocycles. The minimum Gasteiger partial charge on any atom is -0.509 e. The number of aliphatic hydroxyl groups is 1. The minimum atomic E-state index is -0.619. The quantitative estimate of drug-likeness (QED) is 0.814. The van der Waals surface area contributed by atoms with Gasteiger partial charge in [-0.25, -0.2) is 0 Å². The van der Waals surface area contributed by atoms with E-state index in [1.165, 1.54) is 0 Å². The van der Waals surface area contributed by atoms with E-state index < -0.39 is 5.54 Å². The minimum absolute atomic E-state index is 0.163. The van der Waals surface area contributed by atoms with Crippen molar-refractivity contribution < 1.29 is 14.6 Å². The second-order valence-electron chi connectivity index (χ2n) is 6.81. The van der Waals surface area contributed by atoms with Gasteiger partial charge in [0.1, 0.15) is 5.76 Å². The summed E-state index contributed by atoms with van der Waals surface area (Å²) >= 11 is 3.52. The Morgan fingerprint density at radius 3 is 2.62 bits per heavy atom. The van der Waals surface area contributed by atoms with Crippen LogP contribution < -0.4 is 5.32 Å². The normalized spacial score (nSPS) is 27.0. The lowest BCUT2D eigenvalue weighted by molar-refractivity contribution is -0.116. The molecule has 24 heavy (non-hydrogen) atoms. The standard InChI is InChI=1S/C19H24BrNO3/c1-4-12-10-13(20)9-11(2)15(12)16-17(22)19(21-18(16)23)7-5-14(24-3)6-8-19/h9-10,14,22H,4-8H2,1-3H3,(H,21,23)/t14-,19+. The molecule has 1 aromatic rings. The maximum atomic E-state index is 12.7. The first-order valence-corrected chi connectivity index (χ1v) is 9.29. The third kappa shape index (κ3) is 2.78. The molecule has 2 N–H and O–H groups in total. The molecule has 4 nitrogen and oxygen atoms in total. The number of hydrogen-bond donors (Lipinski definition) is 2. The van der Waals surface area contributed by atoms with E-state index in [2.05, 4.69) is 28.2 Å². The van der Waals surface area contributed by atoms with E-state index in [-0.39, 0.29) is 17.8 Å². The van der Waals surface area contributed by atoms with Crippen LogP contribution in [0.1, 0.15) is 49.3 Å². The zero-order valence-electron chi connectivity index (χ0n) is 14.4. The molecule has 0 unspecified atom stereocenters. The van der Waals surface area contributed by atoms with Gasteiger partial charge in [0.05, 0.1) is 17.2 Å². The molecule has 1 heterocycles. The first-order valence-electron chi connectivity index (χ1n) is 8.50. The number of aliphatic hydroxyl groups excluding tert-OH is 1. The molecular weight excluding hydrogens is 370 g/mol. The van der Waals surface area contributed by atoms with E-state index in [9.17, 15) is 9.90 Å². The molecular formula is C19H24BrNO3. The Morgan fingerprint density at radius 2 is 2.04 bits per heavy atom. The van der Waals surface area contributed by atoms with Crippen LogP contribution in [0.5, 0.6) is 0 Å². The van der Waals surface area contributed by atoms with Crippen molar-refractivity contribution in [1.29, 1.82) is 0 Å². The first-order chi connectivity index (χ1) is 11.4. The fourth-order valence-corrected chi connectivity index (χ4v) is 4.67. The van der Waals surface area contributed by atoms with Crippen molar-refractivity contribution in [3.8, 4) is 0 Å². The molecule has 5 heteroatoms. The maximum Gasteiger partial charge on any atom is 0.256 e. The lowest BCUT2D eigenvalue weighted by Crippen LogP contribution is -2.48. The van der Waals surface area contributed by atoms with Gasteiger partial charge in [-0.3, -0.25) is 4.79 Å². The monoisotopic (exact) mass is 393 g/mol. The van der Waals surface area contributed by atoms with E-state index in [0.29, 0.717) is 18.4 Å². The summed E-state index contributed by atoms with van der Waals surface area (Å²) in [6.07, 6.45) is 4.12. The summed E-state index contributed by atoms with van der Waals surface area (Å²) in [7, 11) is 1.72. The number of hydrogen-bond acceptors (Lipinski definition) is 3. The second-order valence-corrected chi connectivity index (χ2v) is 7.72. The third-order valence-electron chi connectivity index (χ3n) is 5.40. The van der Waals surface area contributed by atoms with Gasteiger partial charge in [0.25, 0.3) is 5.91 Å². The van der Waals surface area contributed by atoms with Gasteiger partial charge in [-0.2, -0.15) is 0 Å². The van der Waals surface area contributed by atoms with E-state index in [4.69, 9.17) is 4.74 Å². The van der Waals surface area contributed by atoms with Crippen molar-refractivity contribution in [1.82, 2.24) is 5.32 Å². The number of nitrogens with one attached hydrogen (secondary N) is 1. The Morgan fingerprint density at radius 1 is 1.38 bits per heavy atom. The summed E-state index contributed by atoms with van der Waals surface area (Å²) in [5, 5.41) is 14.1. The van der Waals surface area contributed by atoms with Gasteiger partial charge in [0, 0.05) is 11.6 Å². The number of methoxy groups -OCH3 is 1. The van der Waals surface area contributed by atoms with Gasteiger partial charge in [0.15, 0.2) is 0 Å². The van der Waals surface area contributed by atoms with Gasteiger partial charge in [0.2, 0.25) is 0 Å². The van der Waals surface area contributed by atoms with Crippen molar-refractivity contribution in [2.75, 3.05) is 7.11 Å². The molecule has 2 aliphatic rings. The molecule has 0 bridgehead atoms. The van der Waals surface area contributed by atoms with Gasteiger partial charge < -0.3 is 15.2 Å². The molecule has 0 aromatic heterocycles. The van der Waals surface area contributed by atoms with Crippen LogP contribution in [0.4, 0.5) is 0 Å². The van der Waals surface area contributed by atoms with Crippen LogP contribution in [0.3, 0.4) is 0 Å². The van der Waals surface area contributed by atoms with Gasteiger partial charge >= 0.3 is 0 Å². The summed E-state index contributed by atoms with van der Waals surface area (Å²) < 4.78 is 6.42. The number of halogens is 1. The highest BCUT2D eigenvalue weighted by molar-refractivity contribution is 9.10. The van der Waals surface area contributed by atoms with Crippen molar-refractivity contribution in [2.45, 2.75) is 57.6 Å². The van der Waals surface area contributed by atoms with Crippen LogP contribution in [0.25, 0.3) is 5.57 Å². The van der Waals surface area contributed by atoms with Crippen LogP contribution in [0, 0.1) is 6.92 Å². The lowest BCUT2D eigenvalue weighted by atomic mass is 9.79. The van der Waals surface area contributed by atoms with Crippen LogP contribution in [0.2, 0.25) is 0 Å². The highest BCUT2D eigenvalue weighted by Crippen LogP contribution is 2.43. The summed E-state index contributed by atoms with van der Waals surface area (Å²) in [5.41, 5.74) is 2.78. The number of rotatable bonds is 3. The van der Waals surface area contributed by atoms with Gasteiger partial charge in [-0.05, 0) is 67.9 Å². The molecule has 1 aromatic carbocycles. The fourth-order valence-electron chi connectivity index (χ4n) is 4.05. The zero-order chi connectivity index (χ0) is 17.5. The van der Waals surface area contributed by atoms with E-state index in [0.717, 1.165) is 40.4 Å². The molecule has 130 valence electrons. The van der Waals surface area contributed by atoms with Crippen LogP contribution in [-0.4, -0.2) is 29.8 Å². The molecule has 1 spiro atoms. The topological polar surface area (TPSA) is 58.6 Å². The molecule has 1 amide bonds. The predicted octanol–water partition coefficient (Wildman–Crippen LogP) is 4.05. The lowest BCUT2D eigenvalue weighted by Gasteiger charge is -2.36. The average Bonchev–Trinajstić information content (AvgIpc) is 2.79. The molecule has 3 rings (SSSR count). The van der Waals surface area contributed by atoms with Crippen molar-refractivity contribution in [2.24, 2.45) is 0 Å². The summed E-state index contributed by atoms with van der Waals surface area (Å²) in [4.78, 5) is 12.7. The number of benzene rings is 1. The zero-order valence-corrected chi connectivity index (χ0v) is 16.0. The van der Waals surface area contributed by atoms with E-state index in [1.54, 1.807) is 7.11 Å². The highest BCUT2D eigenvalue weighted by Gasteiger charge is 2.48. The Bertz CT molecular complexity index is 703. The average molecular weight is 394 g/mol. The van der Waals surface area contributed by atoms with E-state index >= 15 is 0 Å². The Labute approximate surface area is 151 Å². The third-order valence-corrected chi connectivity index (χ3v) is 5.86. The van der Waals surface area contributed by atoms with Crippen LogP contribution in [-0.2, 0) is 16.0 Å². The SMILES string of the molecule is CCc1cc(Br)cc(C)c1C1=C(O)[C@]2(CC[C@H](OC)CC2)NC1=O. The number of carbonyl (C=O) groups excluding carboxylic acids is 1. The fraction of sp³-hybridized carbons (Fsp3) is 0.526. The summed E-state index contributed by atoms with van der Waals surface area (Å²) in [6, 6.07) is 4.03. The Hall–Kier alpha value is -1.33. The first kappa shape index (κ1) is 17.5. The molecule has 1 saturated carbocycles. The summed E-state index contributed by atoms with van der Waals surface area (Å²) in [5.74, 6) is 0.0469. The second kappa shape index (κ2) is 6.52. The number of amides is 1. The van der Waals surface area contributed by atoms with Crippen molar-refractivity contribution in [3.63, 3.8) is 0 Å². The van der Waals surface area contributed by atoms with Gasteiger partial charge in [-0.15, -0.1) is 0 Å². The molecule has 1 fully saturated rings. The predicted molar refractivity (Wildman–Crippen MR) is 97.9 cm³/mol. The molecule has 0 saturated heterocycles. The summed E-state index contributed by atoms with van der Waals surface area (Å²) in [6.45, 7) is 4.05. The highest BCUT2D eigenvalue weighted by atomic mass is 79.9. The van der Waals surface area contributed by atoms with E-state index in [1.807, 2.05) is 19.1 Å². The maximum absolute atomic E-state index is 12.7. The molecule has 0 radical (unpaired) electrons. The van der Waals surface area contributed by atoms with Crippen LogP contribution >= 0.6 is 15.9 Å². The number of ether oxygens (including phenoxy) is 1. The Kier molecular flexibility index (Phi) is 4.76. The largest absolute Gasteiger partial charge is 0.509 e. The molecule has 1 aliphatic carbocycles. The van der Waals surface area contributed by atoms with Gasteiger partial charge in [-0.1, -0.05) is 22.9 Å². The number of aryl methyl sites for hydroxylation is 2. The van der Waals surface area contributed by atoms with Crippen LogP contribution in [0.15, 0.2) is 22.4 Å². The molecule has 0 atom stereocenters. The van der Waals surface area contributed by atoms with Crippen molar-refractivity contribution in [3.05, 3.63) is 39.1 Å². The smallest absolute Gasteiger partial charge is 0.256 e.